The Morgan fingerprint density at radius 3 is 2.85 bits per heavy atom. The second-order valence-electron chi connectivity index (χ2n) is 3.16. The van der Waals surface area contributed by atoms with Gasteiger partial charge in [-0.1, -0.05) is 12.7 Å². The lowest BCUT2D eigenvalue weighted by Gasteiger charge is -2.33. The van der Waals surface area contributed by atoms with Crippen molar-refractivity contribution in [1.82, 2.24) is 0 Å². The van der Waals surface area contributed by atoms with Crippen LogP contribution in [0.25, 0.3) is 0 Å². The van der Waals surface area contributed by atoms with Crippen LogP contribution < -0.4 is 0 Å². The average Bonchev–Trinajstić information content (AvgIpc) is 2.16. The van der Waals surface area contributed by atoms with Crippen LogP contribution in [0.15, 0.2) is 24.8 Å². The molecular weight excluding hydrogens is 168 g/mol. The third-order valence-electron chi connectivity index (χ3n) is 2.41. The molecule has 0 unspecified atom stereocenters. The zero-order valence-electron chi connectivity index (χ0n) is 7.48. The third-order valence-corrected chi connectivity index (χ3v) is 2.41. The number of hydrogen-bond acceptors (Lipinski definition) is 3. The van der Waals surface area contributed by atoms with Gasteiger partial charge in [-0.2, -0.15) is 0 Å². The van der Waals surface area contributed by atoms with Crippen LogP contribution in [0.2, 0.25) is 0 Å². The molecule has 3 atom stereocenters. The van der Waals surface area contributed by atoms with Gasteiger partial charge in [0.15, 0.2) is 6.29 Å². The quantitative estimate of drug-likeness (QED) is 0.400. The van der Waals surface area contributed by atoms with Crippen LogP contribution >= 0.6 is 0 Å². The molecule has 0 aromatic carbocycles. The summed E-state index contributed by atoms with van der Waals surface area (Å²) in [6.07, 6.45) is 2.21. The number of carbonyl (C=O) groups is 1. The van der Waals surface area contributed by atoms with E-state index in [0.29, 0.717) is 18.6 Å². The molecular formula is C10H14O3. The molecule has 0 aliphatic carbocycles. The Balaban J connectivity index is 2.75. The lowest BCUT2D eigenvalue weighted by Crippen LogP contribution is -2.36. The van der Waals surface area contributed by atoms with Gasteiger partial charge in [0, 0.05) is 5.92 Å². The van der Waals surface area contributed by atoms with Crippen molar-refractivity contribution in [3.8, 4) is 0 Å². The largest absolute Gasteiger partial charge is 0.367 e. The fraction of sp³-hybridized carbons (Fsp3) is 0.500. The van der Waals surface area contributed by atoms with Gasteiger partial charge >= 0.3 is 0 Å². The van der Waals surface area contributed by atoms with Gasteiger partial charge in [0.25, 0.3) is 0 Å². The molecule has 1 saturated heterocycles. The minimum Gasteiger partial charge on any atom is -0.367 e. The highest BCUT2D eigenvalue weighted by Crippen LogP contribution is 2.30. The summed E-state index contributed by atoms with van der Waals surface area (Å²) in [6.45, 7) is 7.71. The van der Waals surface area contributed by atoms with Crippen molar-refractivity contribution >= 4 is 6.29 Å². The molecule has 3 heteroatoms. The van der Waals surface area contributed by atoms with Crippen molar-refractivity contribution in [2.24, 2.45) is 11.8 Å². The molecule has 0 aromatic heterocycles. The molecule has 1 fully saturated rings. The molecule has 0 bridgehead atoms. The molecule has 72 valence electrons. The molecule has 13 heavy (non-hydrogen) atoms. The number of hydrogen-bond donors (Lipinski definition) is 1. The molecule has 1 aliphatic rings. The summed E-state index contributed by atoms with van der Waals surface area (Å²) in [4.78, 5) is 10.5. The number of aliphatic hydroxyl groups excluding tert-OH is 1. The third kappa shape index (κ3) is 2.05. The first-order valence-electron chi connectivity index (χ1n) is 4.27. The highest BCUT2D eigenvalue weighted by molar-refractivity contribution is 5.73. The Kier molecular flexibility index (Phi) is 3.39. The zero-order valence-corrected chi connectivity index (χ0v) is 7.48. The molecule has 3 nitrogen and oxygen atoms in total. The van der Waals surface area contributed by atoms with Crippen molar-refractivity contribution in [3.05, 3.63) is 24.8 Å². The maximum Gasteiger partial charge on any atom is 0.161 e. The van der Waals surface area contributed by atoms with Gasteiger partial charge in [-0.25, -0.2) is 0 Å². The van der Waals surface area contributed by atoms with E-state index in [2.05, 4.69) is 13.2 Å². The molecule has 1 N–H and O–H groups in total. The molecule has 0 saturated carbocycles. The van der Waals surface area contributed by atoms with Gasteiger partial charge < -0.3 is 9.84 Å². The van der Waals surface area contributed by atoms with Gasteiger partial charge in [-0.3, -0.25) is 4.79 Å². The molecule has 1 heterocycles. The number of rotatable bonds is 3. The predicted molar refractivity (Wildman–Crippen MR) is 49.0 cm³/mol. The van der Waals surface area contributed by atoms with Crippen molar-refractivity contribution in [1.29, 1.82) is 0 Å². The second kappa shape index (κ2) is 4.35. The monoisotopic (exact) mass is 182 g/mol. The van der Waals surface area contributed by atoms with Crippen molar-refractivity contribution in [2.75, 3.05) is 6.61 Å². The Morgan fingerprint density at radius 2 is 2.31 bits per heavy atom. The van der Waals surface area contributed by atoms with Crippen LogP contribution in [0.5, 0.6) is 0 Å². The van der Waals surface area contributed by atoms with E-state index in [0.717, 1.165) is 6.29 Å². The number of aldehydes is 1. The van der Waals surface area contributed by atoms with E-state index in [1.165, 1.54) is 0 Å². The normalized spacial score (nSPS) is 33.8. The number of allylic oxidation sites excluding steroid dienone is 1. The Labute approximate surface area is 77.7 Å². The molecule has 0 aromatic rings. The second-order valence-corrected chi connectivity index (χ2v) is 3.16. The van der Waals surface area contributed by atoms with Crippen molar-refractivity contribution in [2.45, 2.75) is 12.7 Å². The van der Waals surface area contributed by atoms with Crippen molar-refractivity contribution in [3.63, 3.8) is 0 Å². The maximum atomic E-state index is 10.5. The van der Waals surface area contributed by atoms with Gasteiger partial charge in [0.1, 0.15) is 6.29 Å². The minimum absolute atomic E-state index is 0.0289. The van der Waals surface area contributed by atoms with Crippen LogP contribution in [-0.2, 0) is 9.53 Å². The van der Waals surface area contributed by atoms with Crippen LogP contribution in [0.1, 0.15) is 6.42 Å². The summed E-state index contributed by atoms with van der Waals surface area (Å²) >= 11 is 0. The first kappa shape index (κ1) is 10.2. The lowest BCUT2D eigenvalue weighted by atomic mass is 9.82. The van der Waals surface area contributed by atoms with E-state index in [-0.39, 0.29) is 11.8 Å². The Hall–Kier alpha value is -0.930. The van der Waals surface area contributed by atoms with Crippen LogP contribution in [-0.4, -0.2) is 24.3 Å². The molecule has 0 radical (unpaired) electrons. The highest BCUT2D eigenvalue weighted by atomic mass is 16.6. The van der Waals surface area contributed by atoms with Crippen LogP contribution in [0.4, 0.5) is 0 Å². The Morgan fingerprint density at radius 1 is 1.62 bits per heavy atom. The summed E-state index contributed by atoms with van der Waals surface area (Å²) in [5, 5.41) is 9.43. The summed E-state index contributed by atoms with van der Waals surface area (Å²) < 4.78 is 5.03. The fourth-order valence-corrected chi connectivity index (χ4v) is 1.62. The topological polar surface area (TPSA) is 46.5 Å². The van der Waals surface area contributed by atoms with Crippen LogP contribution in [0, 0.1) is 11.8 Å². The lowest BCUT2D eigenvalue weighted by molar-refractivity contribution is -0.159. The summed E-state index contributed by atoms with van der Waals surface area (Å²) in [6, 6.07) is 0. The Bertz CT molecular complexity index is 222. The summed E-state index contributed by atoms with van der Waals surface area (Å²) in [7, 11) is 0. The maximum absolute atomic E-state index is 10.5. The molecule has 0 amide bonds. The van der Waals surface area contributed by atoms with Gasteiger partial charge in [0.2, 0.25) is 0 Å². The molecule has 1 rings (SSSR count). The molecule has 1 aliphatic heterocycles. The molecule has 0 spiro atoms. The van der Waals surface area contributed by atoms with E-state index in [1.54, 1.807) is 6.08 Å². The zero-order chi connectivity index (χ0) is 9.84. The van der Waals surface area contributed by atoms with Gasteiger partial charge in [-0.15, -0.1) is 6.58 Å². The summed E-state index contributed by atoms with van der Waals surface area (Å²) in [5.41, 5.74) is 0.507. The highest BCUT2D eigenvalue weighted by Gasteiger charge is 2.32. The first-order valence-corrected chi connectivity index (χ1v) is 4.27. The van der Waals surface area contributed by atoms with Crippen molar-refractivity contribution < 1.29 is 14.6 Å². The van der Waals surface area contributed by atoms with E-state index >= 15 is 0 Å². The smallest absolute Gasteiger partial charge is 0.161 e. The van der Waals surface area contributed by atoms with E-state index in [4.69, 9.17) is 4.74 Å². The SMILES string of the molecule is C=C[C@H]1[C@H](O)OCC[C@@H]1C(=C)C=O. The van der Waals surface area contributed by atoms with Crippen LogP contribution in [0.3, 0.4) is 0 Å². The van der Waals surface area contributed by atoms with Gasteiger partial charge in [-0.05, 0) is 17.9 Å². The average molecular weight is 182 g/mol. The van der Waals surface area contributed by atoms with E-state index < -0.39 is 6.29 Å². The standard InChI is InChI=1S/C10H14O3/c1-3-8-9(7(2)6-11)4-5-13-10(8)12/h3,6,8-10,12H,1-2,4-5H2/t8-,9-,10-/m1/s1. The predicted octanol–water partition coefficient (Wildman–Crippen LogP) is 0.899. The van der Waals surface area contributed by atoms with Gasteiger partial charge in [0.05, 0.1) is 6.61 Å². The number of carbonyl (C=O) groups excluding carboxylic acids is 1. The fourth-order valence-electron chi connectivity index (χ4n) is 1.62. The number of aliphatic hydroxyl groups is 1. The number of ether oxygens (including phenoxy) is 1. The minimum atomic E-state index is -0.854. The summed E-state index contributed by atoms with van der Waals surface area (Å²) in [5.74, 6) is -0.245. The first-order chi connectivity index (χ1) is 6.20. The van der Waals surface area contributed by atoms with E-state index in [9.17, 15) is 9.90 Å². The van der Waals surface area contributed by atoms with E-state index in [1.807, 2.05) is 0 Å².